The Kier molecular flexibility index (Phi) is 4.13. The number of amides is 1. The molecule has 0 bridgehead atoms. The molecule has 1 heterocycles. The molecule has 0 radical (unpaired) electrons. The molecule has 108 valence electrons. The first kappa shape index (κ1) is 14.1. The fraction of sp³-hybridized carbons (Fsp3) is 0.562. The van der Waals surface area contributed by atoms with Crippen LogP contribution in [0.3, 0.4) is 0 Å². The summed E-state index contributed by atoms with van der Waals surface area (Å²) >= 11 is 3.44. The second-order valence-corrected chi connectivity index (χ2v) is 6.87. The van der Waals surface area contributed by atoms with Gasteiger partial charge >= 0.3 is 0 Å². The third-order valence-electron chi connectivity index (χ3n) is 4.59. The van der Waals surface area contributed by atoms with Crippen LogP contribution < -0.4 is 0 Å². The normalized spacial score (nSPS) is 26.6. The van der Waals surface area contributed by atoms with Gasteiger partial charge in [0, 0.05) is 30.1 Å². The minimum Gasteiger partial charge on any atom is -0.396 e. The molecule has 4 heteroatoms. The Morgan fingerprint density at radius 2 is 1.90 bits per heavy atom. The predicted molar refractivity (Wildman–Crippen MR) is 81.4 cm³/mol. The highest BCUT2D eigenvalue weighted by Crippen LogP contribution is 2.48. The van der Waals surface area contributed by atoms with E-state index in [1.54, 1.807) is 0 Å². The lowest BCUT2D eigenvalue weighted by atomic mass is 9.97. The van der Waals surface area contributed by atoms with Gasteiger partial charge < -0.3 is 10.0 Å². The molecule has 1 aliphatic carbocycles. The van der Waals surface area contributed by atoms with E-state index in [0.29, 0.717) is 17.7 Å². The summed E-state index contributed by atoms with van der Waals surface area (Å²) < 4.78 is 1.08. The van der Waals surface area contributed by atoms with Crippen molar-refractivity contribution in [3.05, 3.63) is 34.3 Å². The van der Waals surface area contributed by atoms with E-state index in [2.05, 4.69) is 28.1 Å². The van der Waals surface area contributed by atoms with Crippen molar-refractivity contribution in [2.24, 2.45) is 11.8 Å². The van der Waals surface area contributed by atoms with Crippen LogP contribution in [0, 0.1) is 11.8 Å². The van der Waals surface area contributed by atoms with Crippen LogP contribution in [-0.4, -0.2) is 35.6 Å². The number of hydrogen-bond acceptors (Lipinski definition) is 2. The van der Waals surface area contributed by atoms with Gasteiger partial charge in [0.2, 0.25) is 5.91 Å². The van der Waals surface area contributed by atoms with E-state index in [0.717, 1.165) is 36.8 Å². The number of carbonyl (C=O) groups is 1. The standard InChI is InChI=1S/C16H20BrNO2/c17-13-3-1-12(2-4-13)14-9-15(14)16(20)18-7-5-11(10-19)6-8-18/h1-4,11,14-15,19H,5-10H2. The zero-order valence-corrected chi connectivity index (χ0v) is 13.1. The predicted octanol–water partition coefficient (Wildman–Crippen LogP) is 2.78. The fourth-order valence-electron chi connectivity index (χ4n) is 3.12. The lowest BCUT2D eigenvalue weighted by molar-refractivity contribution is -0.134. The summed E-state index contributed by atoms with van der Waals surface area (Å²) in [5.74, 6) is 1.29. The van der Waals surface area contributed by atoms with Crippen LogP contribution in [0.1, 0.15) is 30.7 Å². The Bertz CT molecular complexity index is 480. The highest BCUT2D eigenvalue weighted by atomic mass is 79.9. The van der Waals surface area contributed by atoms with Crippen LogP contribution in [0.5, 0.6) is 0 Å². The Balaban J connectivity index is 1.56. The molecule has 2 atom stereocenters. The molecule has 1 aromatic rings. The molecule has 1 saturated carbocycles. The maximum absolute atomic E-state index is 12.5. The van der Waals surface area contributed by atoms with Crippen molar-refractivity contribution in [1.29, 1.82) is 0 Å². The van der Waals surface area contributed by atoms with Crippen LogP contribution in [-0.2, 0) is 4.79 Å². The molecular weight excluding hydrogens is 318 g/mol. The lowest BCUT2D eigenvalue weighted by Gasteiger charge is -2.31. The largest absolute Gasteiger partial charge is 0.396 e. The number of aliphatic hydroxyl groups is 1. The summed E-state index contributed by atoms with van der Waals surface area (Å²) in [4.78, 5) is 14.5. The van der Waals surface area contributed by atoms with Crippen molar-refractivity contribution in [2.45, 2.75) is 25.2 Å². The van der Waals surface area contributed by atoms with Gasteiger partial charge in [-0.1, -0.05) is 28.1 Å². The first-order valence-corrected chi connectivity index (χ1v) is 8.13. The number of aliphatic hydroxyl groups excluding tert-OH is 1. The lowest BCUT2D eigenvalue weighted by Crippen LogP contribution is -2.40. The van der Waals surface area contributed by atoms with Gasteiger partial charge in [0.1, 0.15) is 0 Å². The first-order chi connectivity index (χ1) is 9.69. The minimum absolute atomic E-state index is 0.182. The topological polar surface area (TPSA) is 40.5 Å². The van der Waals surface area contributed by atoms with E-state index in [-0.39, 0.29) is 12.5 Å². The van der Waals surface area contributed by atoms with Gasteiger partial charge in [0.05, 0.1) is 0 Å². The zero-order valence-electron chi connectivity index (χ0n) is 11.5. The zero-order chi connectivity index (χ0) is 14.1. The number of halogens is 1. The summed E-state index contributed by atoms with van der Waals surface area (Å²) in [6.07, 6.45) is 2.87. The van der Waals surface area contributed by atoms with Gasteiger partial charge in [0.25, 0.3) is 0 Å². The monoisotopic (exact) mass is 337 g/mol. The molecule has 1 N–H and O–H groups in total. The smallest absolute Gasteiger partial charge is 0.226 e. The van der Waals surface area contributed by atoms with E-state index in [4.69, 9.17) is 5.11 Å². The minimum atomic E-state index is 0.182. The van der Waals surface area contributed by atoms with E-state index < -0.39 is 0 Å². The van der Waals surface area contributed by atoms with Crippen LogP contribution >= 0.6 is 15.9 Å². The number of carbonyl (C=O) groups excluding carboxylic acids is 1. The van der Waals surface area contributed by atoms with E-state index in [1.165, 1.54) is 5.56 Å². The molecule has 0 spiro atoms. The third-order valence-corrected chi connectivity index (χ3v) is 5.12. The summed E-state index contributed by atoms with van der Waals surface area (Å²) in [5, 5.41) is 9.14. The van der Waals surface area contributed by atoms with Gasteiger partial charge in [-0.05, 0) is 48.8 Å². The fourth-order valence-corrected chi connectivity index (χ4v) is 3.38. The number of nitrogens with zero attached hydrogens (tertiary/aromatic N) is 1. The van der Waals surface area contributed by atoms with E-state index >= 15 is 0 Å². The number of benzene rings is 1. The first-order valence-electron chi connectivity index (χ1n) is 7.34. The molecule has 1 saturated heterocycles. The molecule has 2 fully saturated rings. The highest BCUT2D eigenvalue weighted by molar-refractivity contribution is 9.10. The van der Waals surface area contributed by atoms with Crippen LogP contribution in [0.2, 0.25) is 0 Å². The average molecular weight is 338 g/mol. The molecule has 1 amide bonds. The Morgan fingerprint density at radius 1 is 1.25 bits per heavy atom. The molecule has 2 unspecified atom stereocenters. The van der Waals surface area contributed by atoms with E-state index in [1.807, 2.05) is 17.0 Å². The van der Waals surface area contributed by atoms with Gasteiger partial charge in [-0.2, -0.15) is 0 Å². The molecule has 2 aliphatic rings. The Morgan fingerprint density at radius 3 is 2.50 bits per heavy atom. The number of likely N-dealkylation sites (tertiary alicyclic amines) is 1. The van der Waals surface area contributed by atoms with Crippen molar-refractivity contribution in [3.63, 3.8) is 0 Å². The van der Waals surface area contributed by atoms with Crippen molar-refractivity contribution in [3.8, 4) is 0 Å². The van der Waals surface area contributed by atoms with Crippen molar-refractivity contribution in [1.82, 2.24) is 4.90 Å². The maximum Gasteiger partial charge on any atom is 0.226 e. The molecule has 3 rings (SSSR count). The second kappa shape index (κ2) is 5.86. The highest BCUT2D eigenvalue weighted by Gasteiger charge is 2.46. The van der Waals surface area contributed by atoms with Crippen molar-refractivity contribution in [2.75, 3.05) is 19.7 Å². The van der Waals surface area contributed by atoms with Crippen LogP contribution in [0.4, 0.5) is 0 Å². The third kappa shape index (κ3) is 2.91. The maximum atomic E-state index is 12.5. The quantitative estimate of drug-likeness (QED) is 0.921. The molecule has 1 aromatic carbocycles. The van der Waals surface area contributed by atoms with Gasteiger partial charge in [-0.15, -0.1) is 0 Å². The molecule has 0 aromatic heterocycles. The summed E-state index contributed by atoms with van der Waals surface area (Å²) in [7, 11) is 0. The average Bonchev–Trinajstić information content (AvgIpc) is 3.28. The summed E-state index contributed by atoms with van der Waals surface area (Å²) in [6.45, 7) is 1.88. The van der Waals surface area contributed by atoms with Gasteiger partial charge in [-0.25, -0.2) is 0 Å². The van der Waals surface area contributed by atoms with Crippen LogP contribution in [0.15, 0.2) is 28.7 Å². The Labute approximate surface area is 128 Å². The number of piperidine rings is 1. The number of hydrogen-bond donors (Lipinski definition) is 1. The molecule has 3 nitrogen and oxygen atoms in total. The van der Waals surface area contributed by atoms with Gasteiger partial charge in [0.15, 0.2) is 0 Å². The number of rotatable bonds is 3. The summed E-state index contributed by atoms with van der Waals surface area (Å²) in [6, 6.07) is 8.31. The van der Waals surface area contributed by atoms with Gasteiger partial charge in [-0.3, -0.25) is 4.79 Å². The summed E-state index contributed by atoms with van der Waals surface area (Å²) in [5.41, 5.74) is 1.27. The second-order valence-electron chi connectivity index (χ2n) is 5.95. The van der Waals surface area contributed by atoms with Crippen LogP contribution in [0.25, 0.3) is 0 Å². The molecule has 20 heavy (non-hydrogen) atoms. The Hall–Kier alpha value is -0.870. The molecule has 1 aliphatic heterocycles. The van der Waals surface area contributed by atoms with E-state index in [9.17, 15) is 4.79 Å². The van der Waals surface area contributed by atoms with Crippen molar-refractivity contribution >= 4 is 21.8 Å². The van der Waals surface area contributed by atoms with Crippen molar-refractivity contribution < 1.29 is 9.90 Å². The SMILES string of the molecule is O=C(C1CC1c1ccc(Br)cc1)N1CCC(CO)CC1. The molecular formula is C16H20BrNO2.